The Balaban J connectivity index is 1.47. The SMILES string of the molecule is O=C(Cc1ccc(Br)c2ccccc12)NN=Cc1cc2c(cc1Cl)OCO2. The molecule has 3 aromatic carbocycles. The first kappa shape index (κ1) is 17.8. The lowest BCUT2D eigenvalue weighted by molar-refractivity contribution is -0.120. The minimum absolute atomic E-state index is 0.171. The van der Waals surface area contributed by atoms with Crippen LogP contribution in [0.4, 0.5) is 0 Å². The van der Waals surface area contributed by atoms with Crippen LogP contribution < -0.4 is 14.9 Å². The predicted molar refractivity (Wildman–Crippen MR) is 109 cm³/mol. The number of nitrogens with zero attached hydrogens (tertiary/aromatic N) is 1. The first-order chi connectivity index (χ1) is 13.1. The van der Waals surface area contributed by atoms with E-state index in [0.29, 0.717) is 22.1 Å². The molecule has 1 aliphatic rings. The number of hydrogen-bond acceptors (Lipinski definition) is 4. The van der Waals surface area contributed by atoms with E-state index in [4.69, 9.17) is 21.1 Å². The van der Waals surface area contributed by atoms with E-state index < -0.39 is 0 Å². The van der Waals surface area contributed by atoms with Crippen molar-refractivity contribution in [2.24, 2.45) is 5.10 Å². The molecule has 4 rings (SSSR count). The number of carbonyl (C=O) groups excluding carboxylic acids is 1. The topological polar surface area (TPSA) is 59.9 Å². The van der Waals surface area contributed by atoms with E-state index in [2.05, 4.69) is 26.5 Å². The first-order valence-electron chi connectivity index (χ1n) is 8.19. The van der Waals surface area contributed by atoms with Crippen molar-refractivity contribution in [3.63, 3.8) is 0 Å². The molecule has 27 heavy (non-hydrogen) atoms. The van der Waals surface area contributed by atoms with E-state index in [1.165, 1.54) is 6.21 Å². The van der Waals surface area contributed by atoms with E-state index >= 15 is 0 Å². The van der Waals surface area contributed by atoms with Gasteiger partial charge in [-0.25, -0.2) is 5.43 Å². The fraction of sp³-hybridized carbons (Fsp3) is 0.100. The summed E-state index contributed by atoms with van der Waals surface area (Å²) in [6.45, 7) is 0.171. The second kappa shape index (κ2) is 7.58. The number of carbonyl (C=O) groups is 1. The minimum atomic E-state index is -0.212. The van der Waals surface area contributed by atoms with Gasteiger partial charge in [-0.15, -0.1) is 0 Å². The lowest BCUT2D eigenvalue weighted by atomic mass is 10.0. The Morgan fingerprint density at radius 1 is 1.15 bits per heavy atom. The summed E-state index contributed by atoms with van der Waals surface area (Å²) in [6.07, 6.45) is 1.71. The molecule has 0 bridgehead atoms. The Hall–Kier alpha value is -2.57. The van der Waals surface area contributed by atoms with E-state index in [9.17, 15) is 4.79 Å². The molecule has 7 heteroatoms. The van der Waals surface area contributed by atoms with Gasteiger partial charge >= 0.3 is 0 Å². The molecular formula is C20H14BrClN2O3. The summed E-state index contributed by atoms with van der Waals surface area (Å²) < 4.78 is 11.6. The van der Waals surface area contributed by atoms with E-state index in [-0.39, 0.29) is 19.1 Å². The average molecular weight is 446 g/mol. The third-order valence-corrected chi connectivity index (χ3v) is 5.22. The molecule has 0 radical (unpaired) electrons. The Bertz CT molecular complexity index is 1070. The second-order valence-corrected chi connectivity index (χ2v) is 7.21. The van der Waals surface area contributed by atoms with Gasteiger partial charge in [-0.3, -0.25) is 4.79 Å². The van der Waals surface area contributed by atoms with Crippen molar-refractivity contribution in [1.29, 1.82) is 0 Å². The molecule has 1 amide bonds. The number of rotatable bonds is 4. The summed E-state index contributed by atoms with van der Waals surface area (Å²) in [6, 6.07) is 15.2. The zero-order valence-corrected chi connectivity index (χ0v) is 16.4. The third kappa shape index (κ3) is 3.77. The summed E-state index contributed by atoms with van der Waals surface area (Å²) >= 11 is 9.73. The van der Waals surface area contributed by atoms with Crippen LogP contribution in [0, 0.1) is 0 Å². The summed E-state index contributed by atoms with van der Waals surface area (Å²) in [4.78, 5) is 12.3. The monoisotopic (exact) mass is 444 g/mol. The van der Waals surface area contributed by atoms with Gasteiger partial charge in [0.25, 0.3) is 0 Å². The highest BCUT2D eigenvalue weighted by Gasteiger charge is 2.15. The van der Waals surface area contributed by atoms with Crippen LogP contribution in [0.3, 0.4) is 0 Å². The Kier molecular flexibility index (Phi) is 5.01. The number of benzene rings is 3. The fourth-order valence-corrected chi connectivity index (χ4v) is 3.58. The van der Waals surface area contributed by atoms with Gasteiger partial charge in [0.1, 0.15) is 0 Å². The maximum Gasteiger partial charge on any atom is 0.244 e. The largest absolute Gasteiger partial charge is 0.454 e. The maximum absolute atomic E-state index is 12.3. The Labute approximate surface area is 169 Å². The van der Waals surface area contributed by atoms with E-state index in [1.807, 2.05) is 36.4 Å². The number of amides is 1. The van der Waals surface area contributed by atoms with Gasteiger partial charge < -0.3 is 9.47 Å². The van der Waals surface area contributed by atoms with Crippen LogP contribution in [0.15, 0.2) is 58.1 Å². The highest BCUT2D eigenvalue weighted by Crippen LogP contribution is 2.36. The van der Waals surface area contributed by atoms with Crippen LogP contribution in [0.2, 0.25) is 5.02 Å². The number of nitrogens with one attached hydrogen (secondary N) is 1. The molecule has 1 aliphatic heterocycles. The van der Waals surface area contributed by atoms with Gasteiger partial charge in [-0.1, -0.05) is 57.9 Å². The summed E-state index contributed by atoms with van der Waals surface area (Å²) in [5.41, 5.74) is 4.11. The van der Waals surface area contributed by atoms with Crippen LogP contribution in [0.1, 0.15) is 11.1 Å². The number of fused-ring (bicyclic) bond motifs is 2. The molecule has 0 spiro atoms. The maximum atomic E-state index is 12.3. The first-order valence-corrected chi connectivity index (χ1v) is 9.36. The van der Waals surface area contributed by atoms with Crippen LogP contribution in [0.25, 0.3) is 10.8 Å². The lowest BCUT2D eigenvalue weighted by Gasteiger charge is -2.07. The molecule has 3 aromatic rings. The highest BCUT2D eigenvalue weighted by atomic mass is 79.9. The van der Waals surface area contributed by atoms with Gasteiger partial charge in [0.2, 0.25) is 12.7 Å². The van der Waals surface area contributed by atoms with Gasteiger partial charge in [-0.2, -0.15) is 5.10 Å². The molecular weight excluding hydrogens is 432 g/mol. The Morgan fingerprint density at radius 3 is 2.70 bits per heavy atom. The zero-order chi connectivity index (χ0) is 18.8. The van der Waals surface area contributed by atoms with Crippen molar-refractivity contribution in [3.8, 4) is 11.5 Å². The molecule has 0 fully saturated rings. The molecule has 0 saturated heterocycles. The predicted octanol–water partition coefficient (Wildman–Crippen LogP) is 4.68. The van der Waals surface area contributed by atoms with Crippen LogP contribution in [-0.4, -0.2) is 18.9 Å². The molecule has 0 atom stereocenters. The highest BCUT2D eigenvalue weighted by molar-refractivity contribution is 9.10. The van der Waals surface area contributed by atoms with Crippen LogP contribution in [0.5, 0.6) is 11.5 Å². The second-order valence-electron chi connectivity index (χ2n) is 5.95. The summed E-state index contributed by atoms with van der Waals surface area (Å²) in [5, 5.41) is 6.58. The molecule has 0 unspecified atom stereocenters. The third-order valence-electron chi connectivity index (χ3n) is 4.20. The smallest absolute Gasteiger partial charge is 0.244 e. The standard InChI is InChI=1S/C20H14BrClN2O3/c21-16-6-5-12(14-3-1-2-4-15(14)16)8-20(25)24-23-10-13-7-18-19(9-17(13)22)27-11-26-18/h1-7,9-10H,8,11H2,(H,24,25). The number of ether oxygens (including phenoxy) is 2. The van der Waals surface area contributed by atoms with E-state index in [0.717, 1.165) is 20.8 Å². The zero-order valence-electron chi connectivity index (χ0n) is 14.0. The van der Waals surface area contributed by atoms with Gasteiger partial charge in [0, 0.05) is 16.1 Å². The summed E-state index contributed by atoms with van der Waals surface area (Å²) in [7, 11) is 0. The molecule has 136 valence electrons. The van der Waals surface area contributed by atoms with Gasteiger partial charge in [0.15, 0.2) is 11.5 Å². The van der Waals surface area contributed by atoms with Gasteiger partial charge in [0.05, 0.1) is 17.7 Å². The van der Waals surface area contributed by atoms with Crippen molar-refractivity contribution in [2.45, 2.75) is 6.42 Å². The van der Waals surface area contributed by atoms with Crippen molar-refractivity contribution >= 4 is 50.4 Å². The minimum Gasteiger partial charge on any atom is -0.454 e. The normalized spacial score (nSPS) is 12.7. The van der Waals surface area contributed by atoms with Crippen molar-refractivity contribution in [1.82, 2.24) is 5.43 Å². The molecule has 0 aromatic heterocycles. The average Bonchev–Trinajstić information content (AvgIpc) is 3.11. The lowest BCUT2D eigenvalue weighted by Crippen LogP contribution is -2.20. The van der Waals surface area contributed by atoms with Gasteiger partial charge in [-0.05, 0) is 28.5 Å². The Morgan fingerprint density at radius 2 is 1.89 bits per heavy atom. The van der Waals surface area contributed by atoms with Crippen LogP contribution in [-0.2, 0) is 11.2 Å². The quantitative estimate of drug-likeness (QED) is 0.469. The number of hydrazone groups is 1. The fourth-order valence-electron chi connectivity index (χ4n) is 2.90. The number of halogens is 2. The molecule has 0 saturated carbocycles. The number of hydrogen-bond donors (Lipinski definition) is 1. The molecule has 5 nitrogen and oxygen atoms in total. The van der Waals surface area contributed by atoms with E-state index in [1.54, 1.807) is 12.1 Å². The molecule has 1 N–H and O–H groups in total. The summed E-state index contributed by atoms with van der Waals surface area (Å²) in [5.74, 6) is 0.993. The molecule has 1 heterocycles. The van der Waals surface area contributed by atoms with Crippen molar-refractivity contribution < 1.29 is 14.3 Å². The van der Waals surface area contributed by atoms with Crippen LogP contribution >= 0.6 is 27.5 Å². The van der Waals surface area contributed by atoms with Crippen molar-refractivity contribution in [2.75, 3.05) is 6.79 Å². The van der Waals surface area contributed by atoms with Crippen molar-refractivity contribution in [3.05, 3.63) is 69.2 Å². The molecule has 0 aliphatic carbocycles.